The molecule has 0 spiro atoms. The summed E-state index contributed by atoms with van der Waals surface area (Å²) in [4.78, 5) is 25.7. The molecular formula is C18H21N5O3S. The molecule has 1 saturated heterocycles. The van der Waals surface area contributed by atoms with Crippen molar-refractivity contribution in [3.05, 3.63) is 38.9 Å². The normalized spacial score (nSPS) is 17.7. The number of amides is 1. The molecule has 0 radical (unpaired) electrons. The van der Waals surface area contributed by atoms with E-state index in [2.05, 4.69) is 27.3 Å². The van der Waals surface area contributed by atoms with Crippen LogP contribution in [0, 0.1) is 16.0 Å². The topological polar surface area (TPSA) is 101 Å². The van der Waals surface area contributed by atoms with Gasteiger partial charge in [-0.2, -0.15) is 0 Å². The highest BCUT2D eigenvalue weighted by Gasteiger charge is 2.28. The van der Waals surface area contributed by atoms with E-state index in [4.69, 9.17) is 0 Å². The van der Waals surface area contributed by atoms with Crippen LogP contribution in [0.15, 0.2) is 18.2 Å². The minimum atomic E-state index is -0.477. The third-order valence-electron chi connectivity index (χ3n) is 5.15. The molecule has 1 aliphatic heterocycles. The quantitative estimate of drug-likeness (QED) is 0.618. The summed E-state index contributed by atoms with van der Waals surface area (Å²) in [7, 11) is 0. The lowest BCUT2D eigenvalue weighted by molar-refractivity contribution is -0.384. The monoisotopic (exact) mass is 387 g/mol. The number of carbonyl (C=O) groups is 1. The van der Waals surface area contributed by atoms with E-state index in [0.717, 1.165) is 49.5 Å². The van der Waals surface area contributed by atoms with E-state index in [1.807, 2.05) is 0 Å². The molecule has 2 heterocycles. The number of nitrogens with one attached hydrogen (secondary N) is 1. The van der Waals surface area contributed by atoms with Gasteiger partial charge in [-0.3, -0.25) is 20.2 Å². The van der Waals surface area contributed by atoms with Crippen molar-refractivity contribution < 1.29 is 9.72 Å². The number of piperidine rings is 1. The third-order valence-corrected chi connectivity index (χ3v) is 6.15. The first-order valence-corrected chi connectivity index (χ1v) is 10.0. The number of benzene rings is 1. The van der Waals surface area contributed by atoms with Crippen LogP contribution in [-0.4, -0.2) is 34.1 Å². The van der Waals surface area contributed by atoms with Crippen molar-refractivity contribution in [1.82, 2.24) is 10.2 Å². The van der Waals surface area contributed by atoms with Crippen LogP contribution < -0.4 is 10.2 Å². The van der Waals surface area contributed by atoms with Gasteiger partial charge in [0.2, 0.25) is 5.13 Å². The van der Waals surface area contributed by atoms with Gasteiger partial charge in [0.05, 0.1) is 16.2 Å². The van der Waals surface area contributed by atoms with Crippen molar-refractivity contribution in [3.8, 4) is 0 Å². The van der Waals surface area contributed by atoms with Gasteiger partial charge in [0, 0.05) is 31.1 Å². The molecule has 0 unspecified atom stereocenters. The van der Waals surface area contributed by atoms with Gasteiger partial charge in [0.25, 0.3) is 11.6 Å². The number of non-ortho nitro benzene ring substituents is 1. The van der Waals surface area contributed by atoms with E-state index in [0.29, 0.717) is 22.5 Å². The molecule has 1 N–H and O–H groups in total. The lowest BCUT2D eigenvalue weighted by atomic mass is 9.98. The Bertz CT molecular complexity index is 872. The van der Waals surface area contributed by atoms with Gasteiger partial charge in [-0.15, -0.1) is 10.2 Å². The number of anilines is 2. The van der Waals surface area contributed by atoms with Crippen molar-refractivity contribution in [1.29, 1.82) is 0 Å². The molecule has 0 bridgehead atoms. The summed E-state index contributed by atoms with van der Waals surface area (Å²) in [5.41, 5.74) is 0.948. The second-order valence-electron chi connectivity index (χ2n) is 7.30. The minimum absolute atomic E-state index is 0.0924. The van der Waals surface area contributed by atoms with Gasteiger partial charge < -0.3 is 4.90 Å². The number of hydrogen-bond donors (Lipinski definition) is 1. The fraction of sp³-hybridized carbons (Fsp3) is 0.500. The Morgan fingerprint density at radius 1 is 1.26 bits per heavy atom. The maximum atomic E-state index is 12.9. The van der Waals surface area contributed by atoms with Crippen LogP contribution in [0.3, 0.4) is 0 Å². The highest BCUT2D eigenvalue weighted by molar-refractivity contribution is 7.15. The summed E-state index contributed by atoms with van der Waals surface area (Å²) in [6, 6.07) is 4.49. The van der Waals surface area contributed by atoms with Crippen molar-refractivity contribution in [2.45, 2.75) is 38.5 Å². The predicted octanol–water partition coefficient (Wildman–Crippen LogP) is 3.81. The molecule has 4 rings (SSSR count). The fourth-order valence-corrected chi connectivity index (χ4v) is 4.20. The predicted molar refractivity (Wildman–Crippen MR) is 104 cm³/mol. The van der Waals surface area contributed by atoms with E-state index >= 15 is 0 Å². The van der Waals surface area contributed by atoms with E-state index in [-0.39, 0.29) is 11.6 Å². The molecule has 2 fully saturated rings. The molecule has 142 valence electrons. The second kappa shape index (κ2) is 7.22. The van der Waals surface area contributed by atoms with Gasteiger partial charge in [0.1, 0.15) is 5.01 Å². The van der Waals surface area contributed by atoms with E-state index in [1.54, 1.807) is 6.07 Å². The lowest BCUT2D eigenvalue weighted by Gasteiger charge is -2.33. The third kappa shape index (κ3) is 3.92. The largest absolute Gasteiger partial charge is 0.371 e. The Kier molecular flexibility index (Phi) is 4.77. The number of nitro benzene ring substituents is 1. The first-order chi connectivity index (χ1) is 13.0. The van der Waals surface area contributed by atoms with Crippen molar-refractivity contribution in [2.24, 2.45) is 5.92 Å². The first-order valence-electron chi connectivity index (χ1n) is 9.19. The molecule has 27 heavy (non-hydrogen) atoms. The molecule has 8 nitrogen and oxygen atoms in total. The van der Waals surface area contributed by atoms with Gasteiger partial charge in [-0.05, 0) is 37.7 Å². The van der Waals surface area contributed by atoms with Crippen LogP contribution in [0.1, 0.15) is 53.9 Å². The maximum Gasteiger partial charge on any atom is 0.270 e. The zero-order valence-corrected chi connectivity index (χ0v) is 15.9. The number of carbonyl (C=O) groups excluding carboxylic acids is 1. The highest BCUT2D eigenvalue weighted by atomic mass is 32.1. The Labute approximate surface area is 160 Å². The van der Waals surface area contributed by atoms with E-state index in [1.165, 1.54) is 23.5 Å². The molecule has 9 heteroatoms. The van der Waals surface area contributed by atoms with E-state index < -0.39 is 4.92 Å². The van der Waals surface area contributed by atoms with Crippen molar-refractivity contribution >= 4 is 33.8 Å². The molecule has 1 amide bonds. The smallest absolute Gasteiger partial charge is 0.270 e. The minimum Gasteiger partial charge on any atom is -0.371 e. The molecule has 0 atom stereocenters. The van der Waals surface area contributed by atoms with Gasteiger partial charge in [-0.25, -0.2) is 0 Å². The second-order valence-corrected chi connectivity index (χ2v) is 8.31. The molecule has 1 aromatic carbocycles. The van der Waals surface area contributed by atoms with Crippen LogP contribution in [-0.2, 0) is 0 Å². The van der Waals surface area contributed by atoms with E-state index in [9.17, 15) is 14.9 Å². The van der Waals surface area contributed by atoms with Crippen molar-refractivity contribution in [2.75, 3.05) is 23.3 Å². The number of nitro groups is 1. The summed E-state index contributed by atoms with van der Waals surface area (Å²) < 4.78 is 0. The van der Waals surface area contributed by atoms with Crippen LogP contribution in [0.4, 0.5) is 16.5 Å². The van der Waals surface area contributed by atoms with Crippen LogP contribution in [0.2, 0.25) is 0 Å². The summed E-state index contributed by atoms with van der Waals surface area (Å²) in [5, 5.41) is 23.5. The molecule has 2 aliphatic rings. The van der Waals surface area contributed by atoms with Gasteiger partial charge in [-0.1, -0.05) is 18.3 Å². The van der Waals surface area contributed by atoms with Gasteiger partial charge >= 0.3 is 0 Å². The molecule has 1 aliphatic carbocycles. The highest BCUT2D eigenvalue weighted by Crippen LogP contribution is 2.42. The Balaban J connectivity index is 1.60. The standard InChI is InChI=1S/C18H21N5O3S/c1-11-6-8-22(9-7-11)15-5-4-13(23(25)26)10-14(15)16(24)19-18-21-20-17(27-18)12-2-3-12/h4-5,10-12H,2-3,6-9H2,1H3,(H,19,21,24). The summed E-state index contributed by atoms with van der Waals surface area (Å²) in [5.74, 6) is 0.737. The fourth-order valence-electron chi connectivity index (χ4n) is 3.29. The van der Waals surface area contributed by atoms with Crippen LogP contribution in [0.5, 0.6) is 0 Å². The maximum absolute atomic E-state index is 12.9. The van der Waals surface area contributed by atoms with Crippen LogP contribution in [0.25, 0.3) is 0 Å². The summed E-state index contributed by atoms with van der Waals surface area (Å²) in [6.07, 6.45) is 4.31. The number of hydrogen-bond acceptors (Lipinski definition) is 7. The Morgan fingerprint density at radius 2 is 2.00 bits per heavy atom. The average molecular weight is 387 g/mol. The zero-order chi connectivity index (χ0) is 19.0. The summed E-state index contributed by atoms with van der Waals surface area (Å²) in [6.45, 7) is 3.89. The first kappa shape index (κ1) is 17.8. The molecular weight excluding hydrogens is 366 g/mol. The molecule has 2 aromatic rings. The Hall–Kier alpha value is -2.55. The molecule has 1 saturated carbocycles. The zero-order valence-electron chi connectivity index (χ0n) is 15.1. The Morgan fingerprint density at radius 3 is 2.67 bits per heavy atom. The van der Waals surface area contributed by atoms with Crippen LogP contribution >= 0.6 is 11.3 Å². The lowest BCUT2D eigenvalue weighted by Crippen LogP contribution is -2.34. The number of aromatic nitrogens is 2. The average Bonchev–Trinajstić information content (AvgIpc) is 3.41. The SMILES string of the molecule is CC1CCN(c2ccc([N+](=O)[O-])cc2C(=O)Nc2nnc(C3CC3)s2)CC1. The van der Waals surface area contributed by atoms with Crippen molar-refractivity contribution in [3.63, 3.8) is 0 Å². The number of nitrogens with zero attached hydrogens (tertiary/aromatic N) is 4. The van der Waals surface area contributed by atoms with Gasteiger partial charge in [0.15, 0.2) is 0 Å². The number of rotatable bonds is 5. The molecule has 1 aromatic heterocycles. The summed E-state index contributed by atoms with van der Waals surface area (Å²) >= 11 is 1.38.